The molecule has 2 N–H and O–H groups in total. The van der Waals surface area contributed by atoms with Crippen LogP contribution in [0.2, 0.25) is 0 Å². The van der Waals surface area contributed by atoms with Crippen molar-refractivity contribution in [2.45, 2.75) is 104 Å². The number of hydrogen-bond acceptors (Lipinski definition) is 8. The molecule has 0 aliphatic carbocycles. The van der Waals surface area contributed by atoms with Gasteiger partial charge in [0.05, 0.1) is 34.3 Å². The number of benzene rings is 2. The number of hydrogen-bond donors (Lipinski definition) is 2. The number of carbonyl (C=O) groups is 4. The highest BCUT2D eigenvalue weighted by molar-refractivity contribution is 6.03. The minimum absolute atomic E-state index is 0.106. The van der Waals surface area contributed by atoms with Crippen LogP contribution in [0, 0.1) is 11.8 Å². The highest BCUT2D eigenvalue weighted by Crippen LogP contribution is 2.44. The fourth-order valence-electron chi connectivity index (χ4n) is 10.1. The molecule has 0 fully saturated rings. The van der Waals surface area contributed by atoms with Crippen LogP contribution in [0.4, 0.5) is 0 Å². The second-order valence-corrected chi connectivity index (χ2v) is 18.6. The number of aliphatic imine (C=N–C) groups is 1. The molecule has 0 spiro atoms. The lowest BCUT2D eigenvalue weighted by Gasteiger charge is -2.41. The van der Waals surface area contributed by atoms with E-state index in [1.807, 2.05) is 80.3 Å². The van der Waals surface area contributed by atoms with E-state index >= 15 is 4.79 Å². The van der Waals surface area contributed by atoms with Crippen LogP contribution in [-0.4, -0.2) is 104 Å². The molecule has 0 saturated carbocycles. The molecular formula is C51H62N8O4. The molecule has 12 nitrogen and oxygen atoms in total. The molecule has 0 saturated heterocycles. The maximum Gasteiger partial charge on any atom is 0.254 e. The monoisotopic (exact) mass is 850 g/mol. The largest absolute Gasteiger partial charge is 0.384 e. The van der Waals surface area contributed by atoms with Gasteiger partial charge in [-0.15, -0.1) is 0 Å². The average Bonchev–Trinajstić information content (AvgIpc) is 3.44. The van der Waals surface area contributed by atoms with Gasteiger partial charge in [0.1, 0.15) is 0 Å². The molecule has 2 aromatic carbocycles. The van der Waals surface area contributed by atoms with Gasteiger partial charge in [0.25, 0.3) is 17.7 Å². The molecule has 5 heterocycles. The van der Waals surface area contributed by atoms with Gasteiger partial charge in [-0.2, -0.15) is 0 Å². The third-order valence-corrected chi connectivity index (χ3v) is 13.3. The molecule has 330 valence electrons. The number of aromatic nitrogens is 1. The molecule has 3 aromatic rings. The van der Waals surface area contributed by atoms with Crippen molar-refractivity contribution in [2.75, 3.05) is 19.6 Å². The summed E-state index contributed by atoms with van der Waals surface area (Å²) in [5.74, 6) is -1.01. The molecule has 0 bridgehead atoms. The van der Waals surface area contributed by atoms with Crippen molar-refractivity contribution in [3.63, 3.8) is 0 Å². The summed E-state index contributed by atoms with van der Waals surface area (Å²) >= 11 is 0. The number of rotatable bonds is 12. The van der Waals surface area contributed by atoms with Crippen LogP contribution in [0.1, 0.15) is 83.3 Å². The standard InChI is InChI=1S/C51H62N8O4/c1-33(2)42-40-45(51(7,8)59(48(40)62)31-37-20-14-11-15-21-37)55-39(32-57(42)46(60)34(3)17-16-24-52-9)29-35(4)43-41-44(54-27-28-56(43)47(61)38-22-25-53-26-23-38)50(5,6)58(49(41)63)30-36-18-12-10-13-19-36/h10-26,33,35,39,42-43,54-55H,9,27-32H2,1-8H3/b24-16-,34-17+. The third kappa shape index (κ3) is 8.60. The fraction of sp³-hybridized carbons (Fsp3) is 0.412. The van der Waals surface area contributed by atoms with Gasteiger partial charge in [0, 0.05) is 79.9 Å². The van der Waals surface area contributed by atoms with Crippen molar-refractivity contribution in [3.05, 3.63) is 148 Å². The Kier molecular flexibility index (Phi) is 12.9. The van der Waals surface area contributed by atoms with Crippen LogP contribution in [0.25, 0.3) is 0 Å². The van der Waals surface area contributed by atoms with Crippen molar-refractivity contribution >= 4 is 30.3 Å². The van der Waals surface area contributed by atoms with Gasteiger partial charge in [0.2, 0.25) is 5.91 Å². The van der Waals surface area contributed by atoms with E-state index in [-0.39, 0.29) is 48.1 Å². The number of nitrogens with zero attached hydrogens (tertiary/aromatic N) is 6. The van der Waals surface area contributed by atoms with Crippen molar-refractivity contribution in [1.29, 1.82) is 0 Å². The Labute approximate surface area is 372 Å². The zero-order valence-corrected chi connectivity index (χ0v) is 38.0. The summed E-state index contributed by atoms with van der Waals surface area (Å²) in [4.78, 5) is 75.1. The molecule has 4 atom stereocenters. The summed E-state index contributed by atoms with van der Waals surface area (Å²) < 4.78 is 0. The van der Waals surface area contributed by atoms with Crippen molar-refractivity contribution in [3.8, 4) is 0 Å². The summed E-state index contributed by atoms with van der Waals surface area (Å²) in [5.41, 5.74) is 4.35. The average molecular weight is 851 g/mol. The van der Waals surface area contributed by atoms with Crippen LogP contribution in [0.3, 0.4) is 0 Å². The molecule has 7 rings (SSSR count). The maximum atomic E-state index is 15.1. The van der Waals surface area contributed by atoms with Crippen LogP contribution in [0.5, 0.6) is 0 Å². The van der Waals surface area contributed by atoms with Gasteiger partial charge in [-0.25, -0.2) is 0 Å². The van der Waals surface area contributed by atoms with E-state index < -0.39 is 23.2 Å². The number of amides is 4. The molecule has 4 aliphatic rings. The van der Waals surface area contributed by atoms with E-state index in [1.165, 1.54) is 6.20 Å². The zero-order valence-electron chi connectivity index (χ0n) is 38.0. The lowest BCUT2D eigenvalue weighted by atomic mass is 9.85. The Morgan fingerprint density at radius 1 is 0.825 bits per heavy atom. The van der Waals surface area contributed by atoms with Crippen molar-refractivity contribution in [2.24, 2.45) is 16.8 Å². The SMILES string of the molecule is C=N/C=C\C=C(/C)C(=O)N1CC(CC(C)C2C3=C(NCCN2C(=O)c2ccncc2)C(C)(C)N(Cc2ccccc2)C3=O)NC2=C(C(=O)N(Cc3ccccc3)C2(C)C)C1C(C)C. The molecule has 4 unspecified atom stereocenters. The van der Waals surface area contributed by atoms with E-state index in [9.17, 15) is 14.4 Å². The topological polar surface area (TPSA) is 131 Å². The van der Waals surface area contributed by atoms with Gasteiger partial charge < -0.3 is 30.2 Å². The highest BCUT2D eigenvalue weighted by atomic mass is 16.2. The molecule has 1 aromatic heterocycles. The minimum Gasteiger partial charge on any atom is -0.384 e. The molecular weight excluding hydrogens is 789 g/mol. The highest BCUT2D eigenvalue weighted by Gasteiger charge is 2.54. The summed E-state index contributed by atoms with van der Waals surface area (Å²) in [6, 6.07) is 21.8. The van der Waals surface area contributed by atoms with E-state index in [1.54, 1.807) is 43.6 Å². The molecule has 4 amide bonds. The number of nitrogens with one attached hydrogen (secondary N) is 2. The molecule has 0 radical (unpaired) electrons. The predicted octanol–water partition coefficient (Wildman–Crippen LogP) is 6.66. The lowest BCUT2D eigenvalue weighted by molar-refractivity contribution is -0.133. The Hall–Kier alpha value is -6.30. The fourth-order valence-corrected chi connectivity index (χ4v) is 10.1. The first-order valence-corrected chi connectivity index (χ1v) is 22.1. The molecule has 63 heavy (non-hydrogen) atoms. The van der Waals surface area contributed by atoms with Gasteiger partial charge in [-0.3, -0.25) is 29.2 Å². The van der Waals surface area contributed by atoms with Gasteiger partial charge in [-0.1, -0.05) is 87.5 Å². The normalized spacial score (nSPS) is 22.7. The van der Waals surface area contributed by atoms with Crippen LogP contribution in [0.15, 0.2) is 137 Å². The Balaban J connectivity index is 1.32. The Bertz CT molecular complexity index is 2350. The molecule has 12 heteroatoms. The summed E-state index contributed by atoms with van der Waals surface area (Å²) in [6.07, 6.45) is 8.64. The van der Waals surface area contributed by atoms with Crippen LogP contribution >= 0.6 is 0 Å². The summed E-state index contributed by atoms with van der Waals surface area (Å²) in [5, 5.41) is 7.52. The Morgan fingerprint density at radius 2 is 1.38 bits per heavy atom. The van der Waals surface area contributed by atoms with E-state index in [0.29, 0.717) is 54.9 Å². The van der Waals surface area contributed by atoms with Crippen LogP contribution in [-0.2, 0) is 27.5 Å². The van der Waals surface area contributed by atoms with Crippen LogP contribution < -0.4 is 10.6 Å². The van der Waals surface area contributed by atoms with E-state index in [0.717, 1.165) is 22.5 Å². The first kappa shape index (κ1) is 44.7. The number of pyridine rings is 1. The summed E-state index contributed by atoms with van der Waals surface area (Å²) in [6.45, 7) is 21.7. The summed E-state index contributed by atoms with van der Waals surface area (Å²) in [7, 11) is 0. The Morgan fingerprint density at radius 3 is 1.94 bits per heavy atom. The predicted molar refractivity (Wildman–Crippen MR) is 247 cm³/mol. The van der Waals surface area contributed by atoms with Crippen molar-refractivity contribution < 1.29 is 19.2 Å². The van der Waals surface area contributed by atoms with Crippen molar-refractivity contribution in [1.82, 2.24) is 35.2 Å². The van der Waals surface area contributed by atoms with Gasteiger partial charge in [-0.05, 0) is 88.9 Å². The maximum absolute atomic E-state index is 15.1. The minimum atomic E-state index is -0.756. The van der Waals surface area contributed by atoms with Gasteiger partial charge >= 0.3 is 0 Å². The first-order valence-electron chi connectivity index (χ1n) is 22.1. The smallest absolute Gasteiger partial charge is 0.254 e. The van der Waals surface area contributed by atoms with E-state index in [4.69, 9.17) is 0 Å². The molecule has 4 aliphatic heterocycles. The van der Waals surface area contributed by atoms with Gasteiger partial charge in [0.15, 0.2) is 0 Å². The quantitative estimate of drug-likeness (QED) is 0.119. The lowest BCUT2D eigenvalue weighted by Crippen LogP contribution is -2.54. The number of carbonyl (C=O) groups excluding carboxylic acids is 4. The first-order chi connectivity index (χ1) is 30.1. The number of allylic oxidation sites excluding steroid dienone is 2. The second kappa shape index (κ2) is 18.2. The third-order valence-electron chi connectivity index (χ3n) is 13.3. The van der Waals surface area contributed by atoms with E-state index in [2.05, 4.69) is 75.8 Å². The second-order valence-electron chi connectivity index (χ2n) is 18.6. The zero-order chi connectivity index (χ0) is 45.2.